The first-order valence-corrected chi connectivity index (χ1v) is 17.4. The lowest BCUT2D eigenvalue weighted by Gasteiger charge is -2.37. The Balaban J connectivity index is 1.41. The Labute approximate surface area is 280 Å². The topological polar surface area (TPSA) is 98.0 Å². The van der Waals surface area contributed by atoms with Crippen LogP contribution in [0.25, 0.3) is 11.1 Å². The Kier molecular flexibility index (Phi) is 11.4. The maximum atomic E-state index is 13.8. The molecule has 0 radical (unpaired) electrons. The Bertz CT molecular complexity index is 1590. The van der Waals surface area contributed by atoms with Gasteiger partial charge in [-0.2, -0.15) is 0 Å². The number of rotatable bonds is 10. The number of aromatic amines is 1. The van der Waals surface area contributed by atoms with Crippen molar-refractivity contribution in [2.45, 2.75) is 59.7 Å². The third-order valence-electron chi connectivity index (χ3n) is 9.36. The number of alkyl halides is 1. The molecule has 3 heterocycles. The van der Waals surface area contributed by atoms with Gasteiger partial charge in [-0.15, -0.1) is 0 Å². The van der Waals surface area contributed by atoms with Gasteiger partial charge in [-0.1, -0.05) is 40.2 Å². The second kappa shape index (κ2) is 15.4. The molecule has 46 heavy (non-hydrogen) atoms. The first-order chi connectivity index (χ1) is 22.2. The number of carbonyl (C=O) groups is 2. The zero-order chi connectivity index (χ0) is 32.8. The van der Waals surface area contributed by atoms with Gasteiger partial charge in [0.25, 0.3) is 11.5 Å². The number of H-pyrrole nitrogens is 1. The second-order valence-corrected chi connectivity index (χ2v) is 13.0. The van der Waals surface area contributed by atoms with Gasteiger partial charge in [-0.05, 0) is 86.6 Å². The fourth-order valence-corrected chi connectivity index (χ4v) is 7.04. The van der Waals surface area contributed by atoms with Crippen LogP contribution in [0.2, 0.25) is 0 Å². The summed E-state index contributed by atoms with van der Waals surface area (Å²) in [5.41, 5.74) is 7.89. The van der Waals surface area contributed by atoms with E-state index in [1.807, 2.05) is 37.8 Å². The lowest BCUT2D eigenvalue weighted by atomic mass is 9.94. The summed E-state index contributed by atoms with van der Waals surface area (Å²) in [5.74, 6) is -0.0518. The van der Waals surface area contributed by atoms with Crippen molar-refractivity contribution in [2.24, 2.45) is 0 Å². The van der Waals surface area contributed by atoms with Crippen LogP contribution in [0.15, 0.2) is 47.3 Å². The van der Waals surface area contributed by atoms with E-state index in [1.165, 1.54) is 5.56 Å². The monoisotopic (exact) mass is 691 g/mol. The van der Waals surface area contributed by atoms with E-state index < -0.39 is 0 Å². The molecule has 2 aliphatic heterocycles. The number of nitrogens with zero attached hydrogens (tertiary/aromatic N) is 3. The first kappa shape index (κ1) is 33.9. The Morgan fingerprint density at radius 2 is 1.70 bits per heavy atom. The fourth-order valence-electron chi connectivity index (χ4n) is 6.69. The number of nitrogens with one attached hydrogen (secondary N) is 2. The minimum absolute atomic E-state index is 0.145. The smallest absolute Gasteiger partial charge is 0.253 e. The SMILES string of the molecule is CCN(c1cc(-c2ccc(CN3CCN(C(=O)CBr)CC3)cc2)cc(C(=O)NCc2c(C)cc(C)[nH]c2=O)c1C)C1CCOCC1. The van der Waals surface area contributed by atoms with Crippen LogP contribution in [0.1, 0.15) is 58.1 Å². The first-order valence-electron chi connectivity index (χ1n) is 16.3. The highest BCUT2D eigenvalue weighted by Gasteiger charge is 2.25. The van der Waals surface area contributed by atoms with Crippen molar-refractivity contribution in [3.8, 4) is 11.1 Å². The highest BCUT2D eigenvalue weighted by Crippen LogP contribution is 2.34. The van der Waals surface area contributed by atoms with Crippen molar-refractivity contribution in [1.29, 1.82) is 0 Å². The average molecular weight is 693 g/mol. The number of hydrogen-bond acceptors (Lipinski definition) is 6. The molecular weight excluding hydrogens is 646 g/mol. The molecule has 0 spiro atoms. The molecule has 0 saturated carbocycles. The van der Waals surface area contributed by atoms with Crippen LogP contribution in [0.3, 0.4) is 0 Å². The third-order valence-corrected chi connectivity index (χ3v) is 9.84. The lowest BCUT2D eigenvalue weighted by Crippen LogP contribution is -2.48. The number of aryl methyl sites for hydroxylation is 2. The summed E-state index contributed by atoms with van der Waals surface area (Å²) in [7, 11) is 0. The number of anilines is 1. The number of amides is 2. The summed E-state index contributed by atoms with van der Waals surface area (Å²) in [6.45, 7) is 14.4. The maximum absolute atomic E-state index is 13.8. The molecule has 0 aliphatic carbocycles. The van der Waals surface area contributed by atoms with Crippen LogP contribution in [0.5, 0.6) is 0 Å². The normalized spacial score (nSPS) is 16.0. The molecule has 5 rings (SSSR count). The van der Waals surface area contributed by atoms with E-state index in [0.29, 0.717) is 22.5 Å². The van der Waals surface area contributed by atoms with Crippen molar-refractivity contribution < 1.29 is 14.3 Å². The molecule has 2 saturated heterocycles. The van der Waals surface area contributed by atoms with Crippen molar-refractivity contribution in [3.05, 3.63) is 86.3 Å². The molecule has 10 heteroatoms. The molecule has 0 atom stereocenters. The number of halogens is 1. The van der Waals surface area contributed by atoms with Gasteiger partial charge in [0.05, 0.1) is 5.33 Å². The molecule has 2 fully saturated rings. The number of carbonyl (C=O) groups excluding carboxylic acids is 2. The van der Waals surface area contributed by atoms with E-state index in [9.17, 15) is 14.4 Å². The lowest BCUT2D eigenvalue weighted by molar-refractivity contribution is -0.130. The summed E-state index contributed by atoms with van der Waals surface area (Å²) < 4.78 is 5.66. The van der Waals surface area contributed by atoms with Crippen LogP contribution in [0, 0.1) is 20.8 Å². The number of ether oxygens (including phenoxy) is 1. The molecular formula is C36H46BrN5O4. The van der Waals surface area contributed by atoms with Gasteiger partial charge in [0.2, 0.25) is 5.91 Å². The van der Waals surface area contributed by atoms with Crippen LogP contribution in [0.4, 0.5) is 5.69 Å². The highest BCUT2D eigenvalue weighted by molar-refractivity contribution is 9.09. The summed E-state index contributed by atoms with van der Waals surface area (Å²) in [4.78, 5) is 48.0. The molecule has 2 aliphatic rings. The molecule has 9 nitrogen and oxygen atoms in total. The Morgan fingerprint density at radius 1 is 1.00 bits per heavy atom. The molecule has 0 unspecified atom stereocenters. The average Bonchev–Trinajstić information content (AvgIpc) is 3.06. The van der Waals surface area contributed by atoms with E-state index in [2.05, 4.69) is 73.3 Å². The zero-order valence-corrected chi connectivity index (χ0v) is 29.0. The summed E-state index contributed by atoms with van der Waals surface area (Å²) in [6.07, 6.45) is 1.89. The molecule has 246 valence electrons. The summed E-state index contributed by atoms with van der Waals surface area (Å²) in [5, 5.41) is 3.41. The molecule has 2 N–H and O–H groups in total. The Morgan fingerprint density at radius 3 is 2.33 bits per heavy atom. The van der Waals surface area contributed by atoms with Gasteiger partial charge in [0.15, 0.2) is 0 Å². The Hall–Kier alpha value is -3.47. The standard InChI is InChI=1S/C36H46BrN5O4/c1-5-42(30-10-16-46-17-11-30)33-20-29(19-31(26(33)4)35(44)38-22-32-24(2)18-25(3)39-36(32)45)28-8-6-27(7-9-28)23-40-12-14-41(15-13-40)34(43)21-37/h6-9,18-20,30H,5,10-17,21-23H2,1-4H3,(H,38,44)(H,39,45). The second-order valence-electron chi connectivity index (χ2n) is 12.4. The molecule has 2 amide bonds. The van der Waals surface area contributed by atoms with Gasteiger partial charge in [-0.3, -0.25) is 19.3 Å². The van der Waals surface area contributed by atoms with Crippen molar-refractivity contribution >= 4 is 33.4 Å². The summed E-state index contributed by atoms with van der Waals surface area (Å²) in [6, 6.07) is 15.1. The van der Waals surface area contributed by atoms with E-state index in [0.717, 1.165) is 99.0 Å². The van der Waals surface area contributed by atoms with Gasteiger partial charge in [-0.25, -0.2) is 0 Å². The third kappa shape index (κ3) is 7.90. The van der Waals surface area contributed by atoms with Crippen LogP contribution in [-0.2, 0) is 22.6 Å². The molecule has 3 aromatic rings. The highest BCUT2D eigenvalue weighted by atomic mass is 79.9. The van der Waals surface area contributed by atoms with Crippen molar-refractivity contribution in [3.63, 3.8) is 0 Å². The fraction of sp³-hybridized carbons (Fsp3) is 0.472. The van der Waals surface area contributed by atoms with Gasteiger partial charge in [0, 0.05) is 87.6 Å². The number of benzene rings is 2. The van der Waals surface area contributed by atoms with Gasteiger partial charge < -0.3 is 24.8 Å². The van der Waals surface area contributed by atoms with Crippen molar-refractivity contribution in [1.82, 2.24) is 20.1 Å². The van der Waals surface area contributed by atoms with Crippen LogP contribution >= 0.6 is 15.9 Å². The van der Waals surface area contributed by atoms with Gasteiger partial charge in [0.1, 0.15) is 0 Å². The van der Waals surface area contributed by atoms with E-state index in [1.54, 1.807) is 0 Å². The zero-order valence-electron chi connectivity index (χ0n) is 27.5. The quantitative estimate of drug-likeness (QED) is 0.293. The predicted octanol–water partition coefficient (Wildman–Crippen LogP) is 4.94. The summed E-state index contributed by atoms with van der Waals surface area (Å²) >= 11 is 3.28. The van der Waals surface area contributed by atoms with E-state index in [-0.39, 0.29) is 23.9 Å². The van der Waals surface area contributed by atoms with Gasteiger partial charge >= 0.3 is 0 Å². The molecule has 0 bridgehead atoms. The van der Waals surface area contributed by atoms with Crippen LogP contribution in [-0.4, -0.2) is 83.9 Å². The number of pyridine rings is 1. The maximum Gasteiger partial charge on any atom is 0.253 e. The van der Waals surface area contributed by atoms with E-state index in [4.69, 9.17) is 4.74 Å². The van der Waals surface area contributed by atoms with Crippen LogP contribution < -0.4 is 15.8 Å². The van der Waals surface area contributed by atoms with Crippen molar-refractivity contribution in [2.75, 3.05) is 56.2 Å². The number of piperazine rings is 1. The predicted molar refractivity (Wildman–Crippen MR) is 187 cm³/mol. The minimum Gasteiger partial charge on any atom is -0.381 e. The number of aromatic nitrogens is 1. The molecule has 1 aromatic heterocycles. The molecule has 2 aromatic carbocycles. The minimum atomic E-state index is -0.197. The largest absolute Gasteiger partial charge is 0.381 e. The van der Waals surface area contributed by atoms with E-state index >= 15 is 0 Å². The number of hydrogen-bond donors (Lipinski definition) is 2.